The minimum Gasteiger partial charge on any atom is -0.306 e. The second kappa shape index (κ2) is 3.76. The molecule has 0 N–H and O–H groups in total. The van der Waals surface area contributed by atoms with Gasteiger partial charge in [0.15, 0.2) is 0 Å². The van der Waals surface area contributed by atoms with Crippen molar-refractivity contribution in [3.63, 3.8) is 0 Å². The molecule has 2 heteroatoms. The maximum Gasteiger partial charge on any atom is 0.000735 e. The molecule has 1 nitrogen and oxygen atoms in total. The highest BCUT2D eigenvalue weighted by Gasteiger charge is 2.17. The van der Waals surface area contributed by atoms with Gasteiger partial charge in [0.2, 0.25) is 0 Å². The van der Waals surface area contributed by atoms with Crippen LogP contribution in [0.5, 0.6) is 0 Å². The van der Waals surface area contributed by atoms with Crippen LogP contribution in [0.25, 0.3) is 0 Å². The molecule has 1 unspecified atom stereocenters. The van der Waals surface area contributed by atoms with Crippen LogP contribution in [-0.4, -0.2) is 29.5 Å². The lowest BCUT2D eigenvalue weighted by molar-refractivity contribution is 0.393. The molecule has 0 aromatic heterocycles. The standard InChI is InChI=1S/C7H14IN/c1-9-5-3-7(6-9)2-4-8/h7H,2-6H2,1H3. The fourth-order valence-electron chi connectivity index (χ4n) is 1.42. The predicted molar refractivity (Wildman–Crippen MR) is 49.1 cm³/mol. The topological polar surface area (TPSA) is 3.24 Å². The molecule has 1 aliphatic heterocycles. The van der Waals surface area contributed by atoms with Crippen LogP contribution in [0.3, 0.4) is 0 Å². The third-order valence-electron chi connectivity index (χ3n) is 2.01. The van der Waals surface area contributed by atoms with E-state index in [1.807, 2.05) is 0 Å². The summed E-state index contributed by atoms with van der Waals surface area (Å²) in [4.78, 5) is 2.43. The van der Waals surface area contributed by atoms with Gasteiger partial charge in [-0.15, -0.1) is 0 Å². The van der Waals surface area contributed by atoms with E-state index in [9.17, 15) is 0 Å². The zero-order chi connectivity index (χ0) is 6.69. The second-order valence-electron chi connectivity index (χ2n) is 2.89. The predicted octanol–water partition coefficient (Wildman–Crippen LogP) is 1.76. The molecule has 0 aliphatic carbocycles. The lowest BCUT2D eigenvalue weighted by atomic mass is 10.1. The van der Waals surface area contributed by atoms with E-state index in [4.69, 9.17) is 0 Å². The van der Waals surface area contributed by atoms with Gasteiger partial charge >= 0.3 is 0 Å². The first-order chi connectivity index (χ1) is 4.33. The summed E-state index contributed by atoms with van der Waals surface area (Å²) in [6, 6.07) is 0. The first-order valence-electron chi connectivity index (χ1n) is 3.57. The summed E-state index contributed by atoms with van der Waals surface area (Å²) in [5.41, 5.74) is 0. The lowest BCUT2D eigenvalue weighted by Gasteiger charge is -2.07. The molecular formula is C7H14IN. The average molecular weight is 239 g/mol. The fourth-order valence-corrected chi connectivity index (χ4v) is 2.30. The smallest absolute Gasteiger partial charge is 0.000735 e. The van der Waals surface area contributed by atoms with Crippen LogP contribution < -0.4 is 0 Å². The Balaban J connectivity index is 2.14. The Bertz CT molecular complexity index is 83.0. The maximum absolute atomic E-state index is 2.47. The number of likely N-dealkylation sites (tertiary alicyclic amines) is 1. The Labute approximate surface area is 70.9 Å². The van der Waals surface area contributed by atoms with Gasteiger partial charge in [0.25, 0.3) is 0 Å². The Morgan fingerprint density at radius 3 is 2.89 bits per heavy atom. The van der Waals surface area contributed by atoms with Crippen LogP contribution >= 0.6 is 22.6 Å². The molecule has 54 valence electrons. The Hall–Kier alpha value is 0.690. The molecule has 0 aromatic carbocycles. The first-order valence-corrected chi connectivity index (χ1v) is 5.10. The Kier molecular flexibility index (Phi) is 3.26. The maximum atomic E-state index is 2.47. The minimum atomic E-state index is 1.01. The largest absolute Gasteiger partial charge is 0.306 e. The monoisotopic (exact) mass is 239 g/mol. The lowest BCUT2D eigenvalue weighted by Crippen LogP contribution is -2.13. The van der Waals surface area contributed by atoms with Crippen molar-refractivity contribution in [1.82, 2.24) is 4.90 Å². The molecule has 1 atom stereocenters. The van der Waals surface area contributed by atoms with E-state index < -0.39 is 0 Å². The molecule has 1 heterocycles. The van der Waals surface area contributed by atoms with E-state index in [1.54, 1.807) is 0 Å². The number of halogens is 1. The summed E-state index contributed by atoms with van der Waals surface area (Å²) in [6.07, 6.45) is 2.85. The molecule has 0 spiro atoms. The molecule has 0 amide bonds. The molecule has 0 bridgehead atoms. The molecule has 1 saturated heterocycles. The molecule has 0 saturated carbocycles. The van der Waals surface area contributed by atoms with Gasteiger partial charge in [-0.25, -0.2) is 0 Å². The summed E-state index contributed by atoms with van der Waals surface area (Å²) in [5, 5.41) is 0. The van der Waals surface area contributed by atoms with Crippen LogP contribution in [0.4, 0.5) is 0 Å². The van der Waals surface area contributed by atoms with E-state index in [0.29, 0.717) is 0 Å². The average Bonchev–Trinajstić information content (AvgIpc) is 2.17. The van der Waals surface area contributed by atoms with Crippen molar-refractivity contribution >= 4 is 22.6 Å². The highest BCUT2D eigenvalue weighted by molar-refractivity contribution is 14.1. The Morgan fingerprint density at radius 2 is 2.44 bits per heavy atom. The van der Waals surface area contributed by atoms with Gasteiger partial charge in [-0.05, 0) is 36.8 Å². The minimum absolute atomic E-state index is 1.01. The molecule has 9 heavy (non-hydrogen) atoms. The quantitative estimate of drug-likeness (QED) is 0.524. The van der Waals surface area contributed by atoms with Gasteiger partial charge in [0, 0.05) is 6.54 Å². The number of hydrogen-bond donors (Lipinski definition) is 0. The van der Waals surface area contributed by atoms with Crippen LogP contribution in [-0.2, 0) is 0 Å². The summed E-state index contributed by atoms with van der Waals surface area (Å²) < 4.78 is 1.33. The summed E-state index contributed by atoms with van der Waals surface area (Å²) in [7, 11) is 2.22. The second-order valence-corrected chi connectivity index (χ2v) is 3.97. The van der Waals surface area contributed by atoms with Crippen molar-refractivity contribution < 1.29 is 0 Å². The first kappa shape index (κ1) is 7.79. The number of alkyl halides is 1. The zero-order valence-corrected chi connectivity index (χ0v) is 8.10. The van der Waals surface area contributed by atoms with Crippen LogP contribution in [0.2, 0.25) is 0 Å². The molecule has 1 aliphatic rings. The molecule has 0 radical (unpaired) electrons. The van der Waals surface area contributed by atoms with Crippen molar-refractivity contribution in [3.8, 4) is 0 Å². The van der Waals surface area contributed by atoms with Crippen LogP contribution in [0.1, 0.15) is 12.8 Å². The van der Waals surface area contributed by atoms with E-state index in [1.165, 1.54) is 30.4 Å². The van der Waals surface area contributed by atoms with Crippen molar-refractivity contribution in [3.05, 3.63) is 0 Å². The van der Waals surface area contributed by atoms with E-state index in [2.05, 4.69) is 34.5 Å². The normalized spacial score (nSPS) is 29.3. The fraction of sp³-hybridized carbons (Fsp3) is 1.00. The van der Waals surface area contributed by atoms with Crippen molar-refractivity contribution in [2.75, 3.05) is 24.6 Å². The van der Waals surface area contributed by atoms with Gasteiger partial charge in [-0.1, -0.05) is 22.6 Å². The van der Waals surface area contributed by atoms with Crippen molar-refractivity contribution in [2.24, 2.45) is 5.92 Å². The van der Waals surface area contributed by atoms with Crippen LogP contribution in [0.15, 0.2) is 0 Å². The van der Waals surface area contributed by atoms with Crippen molar-refractivity contribution in [1.29, 1.82) is 0 Å². The zero-order valence-electron chi connectivity index (χ0n) is 5.94. The van der Waals surface area contributed by atoms with Gasteiger partial charge in [0.05, 0.1) is 0 Å². The number of hydrogen-bond acceptors (Lipinski definition) is 1. The van der Waals surface area contributed by atoms with E-state index in [-0.39, 0.29) is 0 Å². The SMILES string of the molecule is CN1CCC(CCI)C1. The third kappa shape index (κ3) is 2.42. The summed E-state index contributed by atoms with van der Waals surface area (Å²) in [6.45, 7) is 2.66. The van der Waals surface area contributed by atoms with Gasteiger partial charge < -0.3 is 4.90 Å². The molecular weight excluding hydrogens is 225 g/mol. The highest BCUT2D eigenvalue weighted by atomic mass is 127. The van der Waals surface area contributed by atoms with Gasteiger partial charge in [0.1, 0.15) is 0 Å². The van der Waals surface area contributed by atoms with E-state index in [0.717, 1.165) is 5.92 Å². The van der Waals surface area contributed by atoms with Gasteiger partial charge in [-0.2, -0.15) is 0 Å². The summed E-state index contributed by atoms with van der Waals surface area (Å²) >= 11 is 2.47. The Morgan fingerprint density at radius 1 is 1.67 bits per heavy atom. The highest BCUT2D eigenvalue weighted by Crippen LogP contribution is 2.18. The third-order valence-corrected chi connectivity index (χ3v) is 2.63. The molecule has 1 fully saturated rings. The van der Waals surface area contributed by atoms with Crippen molar-refractivity contribution in [2.45, 2.75) is 12.8 Å². The molecule has 1 rings (SSSR count). The van der Waals surface area contributed by atoms with Gasteiger partial charge in [-0.3, -0.25) is 0 Å². The van der Waals surface area contributed by atoms with Crippen LogP contribution in [0, 0.1) is 5.92 Å². The number of nitrogens with zero attached hydrogens (tertiary/aromatic N) is 1. The number of rotatable bonds is 2. The van der Waals surface area contributed by atoms with E-state index >= 15 is 0 Å². The molecule has 0 aromatic rings. The summed E-state index contributed by atoms with van der Waals surface area (Å²) in [5.74, 6) is 1.01.